The molecule has 1 aromatic carbocycles. The molecule has 5 atom stereocenters. The van der Waals surface area contributed by atoms with Crippen molar-refractivity contribution in [1.29, 1.82) is 0 Å². The van der Waals surface area contributed by atoms with E-state index in [2.05, 4.69) is 16.0 Å². The largest absolute Gasteiger partial charge is 0.480 e. The van der Waals surface area contributed by atoms with Gasteiger partial charge in [0.1, 0.15) is 24.2 Å². The normalized spacial score (nSPS) is 15.8. The number of hydrogen-bond donors (Lipinski definition) is 7. The molecule has 0 aliphatic carbocycles. The van der Waals surface area contributed by atoms with Crippen molar-refractivity contribution in [2.45, 2.75) is 50.5 Å². The Morgan fingerprint density at radius 2 is 1.57 bits per heavy atom. The van der Waals surface area contributed by atoms with Gasteiger partial charge < -0.3 is 37.0 Å². The highest BCUT2D eigenvalue weighted by atomic mass is 16.4. The van der Waals surface area contributed by atoms with Crippen LogP contribution >= 0.6 is 0 Å². The summed E-state index contributed by atoms with van der Waals surface area (Å²) in [5, 5.41) is 34.8. The molecule has 11 heteroatoms. The lowest BCUT2D eigenvalue weighted by Gasteiger charge is -2.26. The molecule has 30 heavy (non-hydrogen) atoms. The molecule has 11 nitrogen and oxygen atoms in total. The summed E-state index contributed by atoms with van der Waals surface area (Å²) >= 11 is 0. The molecule has 0 saturated carbocycles. The van der Waals surface area contributed by atoms with Gasteiger partial charge in [-0.05, 0) is 19.4 Å². The zero-order valence-electron chi connectivity index (χ0n) is 16.7. The van der Waals surface area contributed by atoms with E-state index in [1.54, 1.807) is 30.3 Å². The lowest BCUT2D eigenvalue weighted by Crippen LogP contribution is -2.60. The van der Waals surface area contributed by atoms with Crippen molar-refractivity contribution in [1.82, 2.24) is 16.0 Å². The predicted octanol–water partition coefficient (Wildman–Crippen LogP) is -2.51. The number of carbonyl (C=O) groups is 4. The molecule has 0 radical (unpaired) electrons. The lowest BCUT2D eigenvalue weighted by molar-refractivity contribution is -0.142. The fraction of sp³-hybridized carbons (Fsp3) is 0.474. The Balaban J connectivity index is 3.01. The number of aliphatic carboxylic acids is 1. The second-order valence-electron chi connectivity index (χ2n) is 6.84. The Hall–Kier alpha value is -3.02. The smallest absolute Gasteiger partial charge is 0.325 e. The lowest BCUT2D eigenvalue weighted by atomic mass is 10.0. The van der Waals surface area contributed by atoms with Gasteiger partial charge in [0.2, 0.25) is 17.7 Å². The number of benzene rings is 1. The first-order valence-corrected chi connectivity index (χ1v) is 9.29. The molecule has 0 bridgehead atoms. The number of hydrogen-bond acceptors (Lipinski definition) is 7. The van der Waals surface area contributed by atoms with Crippen molar-refractivity contribution in [2.24, 2.45) is 5.73 Å². The molecule has 0 fully saturated rings. The van der Waals surface area contributed by atoms with Crippen molar-refractivity contribution in [3.8, 4) is 0 Å². The minimum Gasteiger partial charge on any atom is -0.480 e. The molecule has 1 rings (SSSR count). The second kappa shape index (κ2) is 11.9. The highest BCUT2D eigenvalue weighted by Crippen LogP contribution is 2.05. The van der Waals surface area contributed by atoms with Gasteiger partial charge in [0.05, 0.1) is 12.7 Å². The molecule has 0 aliphatic heterocycles. The zero-order chi connectivity index (χ0) is 22.8. The summed E-state index contributed by atoms with van der Waals surface area (Å²) in [6, 6.07) is 3.59. The van der Waals surface area contributed by atoms with E-state index < -0.39 is 60.6 Å². The summed E-state index contributed by atoms with van der Waals surface area (Å²) in [6.45, 7) is 1.87. The van der Waals surface area contributed by atoms with Crippen LogP contribution < -0.4 is 21.7 Å². The molecular formula is C19H28N4O7. The van der Waals surface area contributed by atoms with Crippen LogP contribution in [0.2, 0.25) is 0 Å². The van der Waals surface area contributed by atoms with E-state index in [9.17, 15) is 24.3 Å². The fourth-order valence-electron chi connectivity index (χ4n) is 2.44. The number of aliphatic hydroxyl groups excluding tert-OH is 2. The Labute approximate surface area is 173 Å². The van der Waals surface area contributed by atoms with Gasteiger partial charge in [0.25, 0.3) is 0 Å². The summed E-state index contributed by atoms with van der Waals surface area (Å²) in [5.41, 5.74) is 6.10. The highest BCUT2D eigenvalue weighted by Gasteiger charge is 2.31. The quantitative estimate of drug-likeness (QED) is 0.202. The van der Waals surface area contributed by atoms with Crippen LogP contribution in [0.25, 0.3) is 0 Å². The minimum atomic E-state index is -1.45. The van der Waals surface area contributed by atoms with Gasteiger partial charge in [-0.2, -0.15) is 0 Å². The van der Waals surface area contributed by atoms with Gasteiger partial charge >= 0.3 is 5.97 Å². The predicted molar refractivity (Wildman–Crippen MR) is 106 cm³/mol. The standard InChI is InChI=1S/C19H28N4O7/c1-10(19(29)30)21-17(27)14(8-12-6-4-3-5-7-12)22-18(28)15(11(2)25)23-16(26)13(20)9-24/h3-7,10-11,13-15,24-25H,8-9,20H2,1-2H3,(H,21,27)(H,22,28)(H,23,26)(H,29,30). The average Bonchev–Trinajstić information content (AvgIpc) is 2.70. The van der Waals surface area contributed by atoms with Gasteiger partial charge in [-0.15, -0.1) is 0 Å². The molecule has 1 aromatic rings. The third-order valence-corrected chi connectivity index (χ3v) is 4.24. The van der Waals surface area contributed by atoms with Crippen LogP contribution in [0.1, 0.15) is 19.4 Å². The summed E-state index contributed by atoms with van der Waals surface area (Å²) in [4.78, 5) is 48.2. The van der Waals surface area contributed by atoms with Crippen molar-refractivity contribution >= 4 is 23.7 Å². The molecule has 0 aliphatic rings. The van der Waals surface area contributed by atoms with Crippen LogP contribution in [0.15, 0.2) is 30.3 Å². The maximum absolute atomic E-state index is 12.7. The third-order valence-electron chi connectivity index (χ3n) is 4.24. The number of rotatable bonds is 11. The molecular weight excluding hydrogens is 396 g/mol. The maximum atomic E-state index is 12.7. The molecule has 0 aromatic heterocycles. The molecule has 166 valence electrons. The number of carbonyl (C=O) groups excluding carboxylic acids is 3. The van der Waals surface area contributed by atoms with Crippen molar-refractivity contribution in [3.05, 3.63) is 35.9 Å². The van der Waals surface area contributed by atoms with Crippen molar-refractivity contribution in [2.75, 3.05) is 6.61 Å². The van der Waals surface area contributed by atoms with Gasteiger partial charge in [0, 0.05) is 6.42 Å². The van der Waals surface area contributed by atoms with Crippen LogP contribution in [0.3, 0.4) is 0 Å². The molecule has 0 spiro atoms. The van der Waals surface area contributed by atoms with Crippen LogP contribution in [0.5, 0.6) is 0 Å². The van der Waals surface area contributed by atoms with Gasteiger partial charge in [-0.25, -0.2) is 0 Å². The van der Waals surface area contributed by atoms with E-state index in [0.717, 1.165) is 0 Å². The first kappa shape index (κ1) is 25.0. The maximum Gasteiger partial charge on any atom is 0.325 e. The number of nitrogens with one attached hydrogen (secondary N) is 3. The van der Waals surface area contributed by atoms with E-state index in [1.807, 2.05) is 0 Å². The van der Waals surface area contributed by atoms with Crippen LogP contribution in [-0.2, 0) is 25.6 Å². The molecule has 0 heterocycles. The fourth-order valence-corrected chi connectivity index (χ4v) is 2.44. The molecule has 5 unspecified atom stereocenters. The number of nitrogens with two attached hydrogens (primary N) is 1. The Kier molecular flexibility index (Phi) is 9.89. The van der Waals surface area contributed by atoms with Crippen LogP contribution in [0, 0.1) is 0 Å². The number of aliphatic hydroxyl groups is 2. The second-order valence-corrected chi connectivity index (χ2v) is 6.84. The Morgan fingerprint density at radius 3 is 2.07 bits per heavy atom. The number of amides is 3. The number of carboxylic acid groups (broad SMARTS) is 1. The average molecular weight is 424 g/mol. The summed E-state index contributed by atoms with van der Waals surface area (Å²) < 4.78 is 0. The molecule has 3 amide bonds. The van der Waals surface area contributed by atoms with E-state index in [4.69, 9.17) is 15.9 Å². The minimum absolute atomic E-state index is 0.0430. The summed E-state index contributed by atoms with van der Waals surface area (Å²) in [6.07, 6.45) is -1.29. The van der Waals surface area contributed by atoms with Gasteiger partial charge in [0.15, 0.2) is 0 Å². The Morgan fingerprint density at radius 1 is 0.967 bits per heavy atom. The van der Waals surface area contributed by atoms with Crippen molar-refractivity contribution < 1.29 is 34.5 Å². The van der Waals surface area contributed by atoms with E-state index in [0.29, 0.717) is 5.56 Å². The van der Waals surface area contributed by atoms with Crippen LogP contribution in [-0.4, -0.2) is 75.9 Å². The zero-order valence-corrected chi connectivity index (χ0v) is 16.7. The van der Waals surface area contributed by atoms with E-state index in [1.165, 1.54) is 13.8 Å². The first-order valence-electron chi connectivity index (χ1n) is 9.29. The van der Waals surface area contributed by atoms with Crippen molar-refractivity contribution in [3.63, 3.8) is 0 Å². The molecule has 8 N–H and O–H groups in total. The Bertz CT molecular complexity index is 742. The van der Waals surface area contributed by atoms with E-state index in [-0.39, 0.29) is 6.42 Å². The topological polar surface area (TPSA) is 191 Å². The van der Waals surface area contributed by atoms with E-state index >= 15 is 0 Å². The summed E-state index contributed by atoms with van der Waals surface area (Å²) in [5.74, 6) is -3.73. The monoisotopic (exact) mass is 424 g/mol. The first-order chi connectivity index (χ1) is 14.1. The SMILES string of the molecule is CC(NC(=O)C(Cc1ccccc1)NC(=O)C(NC(=O)C(N)CO)C(C)O)C(=O)O. The van der Waals surface area contributed by atoms with Gasteiger partial charge in [-0.1, -0.05) is 30.3 Å². The number of carboxylic acids is 1. The van der Waals surface area contributed by atoms with Crippen LogP contribution in [0.4, 0.5) is 0 Å². The van der Waals surface area contributed by atoms with Gasteiger partial charge in [-0.3, -0.25) is 19.2 Å². The summed E-state index contributed by atoms with van der Waals surface area (Å²) in [7, 11) is 0. The third kappa shape index (κ3) is 7.78. The highest BCUT2D eigenvalue weighted by molar-refractivity contribution is 5.94. The molecule has 0 saturated heterocycles.